The van der Waals surface area contributed by atoms with Crippen molar-refractivity contribution in [3.63, 3.8) is 0 Å². The summed E-state index contributed by atoms with van der Waals surface area (Å²) in [7, 11) is 0. The van der Waals surface area contributed by atoms with Crippen molar-refractivity contribution in [2.75, 3.05) is 6.54 Å². The zero-order chi connectivity index (χ0) is 20.9. The van der Waals surface area contributed by atoms with Crippen molar-refractivity contribution in [2.24, 2.45) is 0 Å². The minimum atomic E-state index is -0.891. The molecule has 0 fully saturated rings. The molecule has 1 aromatic heterocycles. The maximum absolute atomic E-state index is 11.0. The van der Waals surface area contributed by atoms with Gasteiger partial charge in [0.2, 0.25) is 0 Å². The summed E-state index contributed by atoms with van der Waals surface area (Å²) in [6.07, 6.45) is 3.80. The van der Waals surface area contributed by atoms with Crippen molar-refractivity contribution in [3.05, 3.63) is 77.0 Å². The number of hydroxylamine groups is 1. The zero-order valence-corrected chi connectivity index (χ0v) is 16.7. The van der Waals surface area contributed by atoms with E-state index in [0.717, 1.165) is 47.2 Å². The van der Waals surface area contributed by atoms with Crippen molar-refractivity contribution < 1.29 is 15.1 Å². The summed E-state index contributed by atoms with van der Waals surface area (Å²) in [4.78, 5) is 14.3. The molecule has 2 aromatic carbocycles. The number of hydrogen-bond donors (Lipinski definition) is 5. The lowest BCUT2D eigenvalue weighted by Crippen LogP contribution is -2.16. The smallest absolute Gasteiger partial charge is 0.267 e. The Kier molecular flexibility index (Phi) is 6.49. The molecule has 5 N–H and O–H groups in total. The largest absolute Gasteiger partial charge is 0.384 e. The molecule has 6 heteroatoms. The van der Waals surface area contributed by atoms with Crippen LogP contribution >= 0.6 is 0 Å². The number of carbonyl (C=O) groups excluding carboxylic acids is 1. The van der Waals surface area contributed by atoms with Crippen molar-refractivity contribution >= 4 is 22.9 Å². The molecule has 0 saturated carbocycles. The van der Waals surface area contributed by atoms with Crippen molar-refractivity contribution in [3.8, 4) is 0 Å². The van der Waals surface area contributed by atoms with Gasteiger partial charge in [0.1, 0.15) is 0 Å². The summed E-state index contributed by atoms with van der Waals surface area (Å²) >= 11 is 0. The Morgan fingerprint density at radius 3 is 2.62 bits per heavy atom. The molecule has 0 aliphatic rings. The van der Waals surface area contributed by atoms with Gasteiger partial charge in [0, 0.05) is 29.2 Å². The van der Waals surface area contributed by atoms with Crippen LogP contribution in [0, 0.1) is 0 Å². The lowest BCUT2D eigenvalue weighted by atomic mass is 10.0. The number of aliphatic hydroxyl groups is 1. The highest BCUT2D eigenvalue weighted by molar-refractivity contribution is 5.90. The molecule has 3 aromatic rings. The van der Waals surface area contributed by atoms with Gasteiger partial charge >= 0.3 is 0 Å². The summed E-state index contributed by atoms with van der Waals surface area (Å²) < 4.78 is 0. The van der Waals surface area contributed by atoms with E-state index in [-0.39, 0.29) is 0 Å². The van der Waals surface area contributed by atoms with Gasteiger partial charge in [-0.3, -0.25) is 10.0 Å². The van der Waals surface area contributed by atoms with Gasteiger partial charge < -0.3 is 15.4 Å². The lowest BCUT2D eigenvalue weighted by Gasteiger charge is -2.14. The van der Waals surface area contributed by atoms with Crippen LogP contribution in [0.2, 0.25) is 0 Å². The Hall–Kier alpha value is -2.93. The average molecular weight is 393 g/mol. The van der Waals surface area contributed by atoms with Crippen LogP contribution in [0.15, 0.2) is 54.6 Å². The summed E-state index contributed by atoms with van der Waals surface area (Å²) in [6.45, 7) is 5.14. The minimum Gasteiger partial charge on any atom is -0.384 e. The summed E-state index contributed by atoms with van der Waals surface area (Å²) in [6, 6.07) is 16.1. The summed E-state index contributed by atoms with van der Waals surface area (Å²) in [5, 5.41) is 23.3. The number of amides is 1. The number of rotatable bonds is 8. The first-order valence-electron chi connectivity index (χ1n) is 9.62. The summed E-state index contributed by atoms with van der Waals surface area (Å²) in [5.74, 6) is -0.553. The van der Waals surface area contributed by atoms with Crippen LogP contribution in [-0.2, 0) is 23.4 Å². The van der Waals surface area contributed by atoms with Crippen molar-refractivity contribution in [2.45, 2.75) is 32.4 Å². The molecular weight excluding hydrogens is 366 g/mol. The van der Waals surface area contributed by atoms with E-state index < -0.39 is 11.5 Å². The highest BCUT2D eigenvalue weighted by atomic mass is 16.5. The molecular formula is C23H27N3O3. The van der Waals surface area contributed by atoms with Gasteiger partial charge in [-0.25, -0.2) is 5.48 Å². The van der Waals surface area contributed by atoms with Gasteiger partial charge in [-0.2, -0.15) is 0 Å². The van der Waals surface area contributed by atoms with Crippen molar-refractivity contribution in [1.29, 1.82) is 0 Å². The highest BCUT2D eigenvalue weighted by Gasteiger charge is 2.19. The fourth-order valence-electron chi connectivity index (χ4n) is 3.18. The molecule has 1 heterocycles. The fourth-order valence-corrected chi connectivity index (χ4v) is 3.18. The van der Waals surface area contributed by atoms with E-state index in [4.69, 9.17) is 5.21 Å². The van der Waals surface area contributed by atoms with Crippen LogP contribution in [0.25, 0.3) is 17.0 Å². The Bertz CT molecular complexity index is 998. The molecule has 0 unspecified atom stereocenters. The van der Waals surface area contributed by atoms with Crippen LogP contribution in [0.4, 0.5) is 0 Å². The highest BCUT2D eigenvalue weighted by Crippen LogP contribution is 2.26. The molecule has 0 radical (unpaired) electrons. The minimum absolute atomic E-state index is 0.553. The number of aromatic nitrogens is 1. The fraction of sp³-hybridized carbons (Fsp3) is 0.261. The van der Waals surface area contributed by atoms with E-state index in [0.29, 0.717) is 0 Å². The van der Waals surface area contributed by atoms with Gasteiger partial charge in [0.05, 0.1) is 5.60 Å². The predicted molar refractivity (Wildman–Crippen MR) is 114 cm³/mol. The topological polar surface area (TPSA) is 97.4 Å². The molecule has 29 heavy (non-hydrogen) atoms. The maximum atomic E-state index is 11.0. The second-order valence-corrected chi connectivity index (χ2v) is 7.60. The third kappa shape index (κ3) is 5.54. The quantitative estimate of drug-likeness (QED) is 0.176. The van der Waals surface area contributed by atoms with Gasteiger partial charge in [-0.1, -0.05) is 36.4 Å². The van der Waals surface area contributed by atoms with E-state index in [1.807, 2.05) is 42.5 Å². The van der Waals surface area contributed by atoms with Crippen LogP contribution in [-0.4, -0.2) is 27.7 Å². The van der Waals surface area contributed by atoms with E-state index in [1.54, 1.807) is 25.4 Å². The van der Waals surface area contributed by atoms with E-state index >= 15 is 0 Å². The maximum Gasteiger partial charge on any atom is 0.267 e. The van der Waals surface area contributed by atoms with Gasteiger partial charge in [-0.15, -0.1) is 0 Å². The molecule has 1 amide bonds. The Morgan fingerprint density at radius 2 is 1.93 bits per heavy atom. The normalized spacial score (nSPS) is 12.0. The molecule has 0 aliphatic heterocycles. The van der Waals surface area contributed by atoms with E-state index in [9.17, 15) is 9.90 Å². The first-order valence-corrected chi connectivity index (χ1v) is 9.62. The molecule has 0 saturated heterocycles. The lowest BCUT2D eigenvalue weighted by molar-refractivity contribution is -0.124. The van der Waals surface area contributed by atoms with Gasteiger partial charge in [0.15, 0.2) is 0 Å². The predicted octanol–water partition coefficient (Wildman–Crippen LogP) is 3.25. The molecule has 152 valence electrons. The van der Waals surface area contributed by atoms with E-state index in [2.05, 4.69) is 16.4 Å². The van der Waals surface area contributed by atoms with Gasteiger partial charge in [-0.05, 0) is 61.7 Å². The molecule has 0 atom stereocenters. The SMILES string of the molecule is CC(C)(O)c1cc2c(CCNCc3ccc(/C=C/C(=O)NO)cc3)cccc2[nH]1. The second-order valence-electron chi connectivity index (χ2n) is 7.60. The zero-order valence-electron chi connectivity index (χ0n) is 16.7. The number of nitrogens with one attached hydrogen (secondary N) is 3. The van der Waals surface area contributed by atoms with Crippen LogP contribution in [0.5, 0.6) is 0 Å². The number of benzene rings is 2. The number of aromatic amines is 1. The van der Waals surface area contributed by atoms with Crippen LogP contribution in [0.3, 0.4) is 0 Å². The first kappa shape index (κ1) is 20.8. The molecule has 0 aliphatic carbocycles. The van der Waals surface area contributed by atoms with E-state index in [1.165, 1.54) is 11.6 Å². The Labute approximate surface area is 170 Å². The third-order valence-corrected chi connectivity index (χ3v) is 4.83. The second kappa shape index (κ2) is 9.05. The van der Waals surface area contributed by atoms with Crippen LogP contribution in [0.1, 0.15) is 36.2 Å². The molecule has 0 spiro atoms. The Morgan fingerprint density at radius 1 is 1.17 bits per heavy atom. The summed E-state index contributed by atoms with van der Waals surface area (Å²) in [5.41, 5.74) is 5.81. The molecule has 0 bridgehead atoms. The monoisotopic (exact) mass is 393 g/mol. The Balaban J connectivity index is 1.55. The standard InChI is InChI=1S/C23H27N3O3/c1-23(2,28)21-14-19-18(4-3-5-20(19)25-21)12-13-24-15-17-8-6-16(7-9-17)10-11-22(27)26-29/h3-11,14,24-25,28-29H,12-13,15H2,1-2H3,(H,26,27)/b11-10+. The number of carbonyl (C=O) groups is 1. The van der Waals surface area contributed by atoms with Gasteiger partial charge in [0.25, 0.3) is 5.91 Å². The number of H-pyrrole nitrogens is 1. The average Bonchev–Trinajstić information content (AvgIpc) is 3.16. The third-order valence-electron chi connectivity index (χ3n) is 4.83. The van der Waals surface area contributed by atoms with Crippen molar-refractivity contribution in [1.82, 2.24) is 15.8 Å². The number of hydrogen-bond acceptors (Lipinski definition) is 4. The first-order chi connectivity index (χ1) is 13.9. The molecule has 3 rings (SSSR count). The molecule has 6 nitrogen and oxygen atoms in total. The van der Waals surface area contributed by atoms with Crippen LogP contribution < -0.4 is 10.8 Å². The number of fused-ring (bicyclic) bond motifs is 1.